The molecule has 0 heterocycles. The molecular weight excluding hydrogens is 183 g/mol. The lowest BCUT2D eigenvalue weighted by molar-refractivity contribution is -0.144. The first-order valence-corrected chi connectivity index (χ1v) is 5.09. The average molecular weight is 196 g/mol. The number of halogens is 1. The van der Waals surface area contributed by atoms with E-state index in [2.05, 4.69) is 4.74 Å². The van der Waals surface area contributed by atoms with Gasteiger partial charge in [-0.25, -0.2) is 0 Å². The quantitative estimate of drug-likeness (QED) is 0.602. The Balaban J connectivity index is 3.75. The van der Waals surface area contributed by atoms with Gasteiger partial charge in [0.05, 0.1) is 18.8 Å². The number of ether oxygens (including phenoxy) is 1. The summed E-state index contributed by atoms with van der Waals surface area (Å²) in [6.45, 7) is 1.00. The van der Waals surface area contributed by atoms with Crippen LogP contribution in [0.3, 0.4) is 0 Å². The molecule has 0 aliphatic carbocycles. The molecule has 2 unspecified atom stereocenters. The van der Waals surface area contributed by atoms with E-state index in [0.29, 0.717) is 0 Å². The molecule has 72 valence electrons. The van der Waals surface area contributed by atoms with E-state index < -0.39 is 29.4 Å². The molecule has 0 aliphatic rings. The summed E-state index contributed by atoms with van der Waals surface area (Å²) in [5.41, 5.74) is 0. The van der Waals surface area contributed by atoms with Crippen LogP contribution in [0.2, 0.25) is 0 Å². The fourth-order valence-corrected chi connectivity index (χ4v) is 1.75. The second-order valence-corrected chi connectivity index (χ2v) is 4.05. The summed E-state index contributed by atoms with van der Waals surface area (Å²) in [7, 11) is 0.0266. The van der Waals surface area contributed by atoms with E-state index in [-0.39, 0.29) is 11.5 Å². The average Bonchev–Trinajstić information content (AvgIpc) is 2.03. The highest BCUT2D eigenvalue weighted by molar-refractivity contribution is 7.85. The Morgan fingerprint density at radius 2 is 2.25 bits per heavy atom. The molecule has 0 saturated carbocycles. The van der Waals surface area contributed by atoms with Crippen LogP contribution >= 0.6 is 0 Å². The first-order chi connectivity index (χ1) is 5.61. The van der Waals surface area contributed by atoms with Crippen molar-refractivity contribution in [1.29, 1.82) is 0 Å². The molecule has 5 heteroatoms. The minimum Gasteiger partial charge on any atom is -0.469 e. The highest BCUT2D eigenvalue weighted by atomic mass is 32.2. The fraction of sp³-hybridized carbons (Fsp3) is 0.857. The van der Waals surface area contributed by atoms with E-state index in [1.807, 2.05) is 0 Å². The first-order valence-electron chi connectivity index (χ1n) is 3.60. The van der Waals surface area contributed by atoms with Gasteiger partial charge in [0.15, 0.2) is 0 Å². The van der Waals surface area contributed by atoms with Crippen molar-refractivity contribution in [3.05, 3.63) is 0 Å². The Morgan fingerprint density at radius 1 is 1.67 bits per heavy atom. The van der Waals surface area contributed by atoms with E-state index in [9.17, 15) is 13.4 Å². The number of alkyl halides is 1. The number of esters is 1. The molecule has 0 aromatic heterocycles. The molecule has 0 bridgehead atoms. The van der Waals surface area contributed by atoms with Crippen LogP contribution in [0.5, 0.6) is 0 Å². The molecule has 0 radical (unpaired) electrons. The first kappa shape index (κ1) is 11.6. The van der Waals surface area contributed by atoms with Gasteiger partial charge in [-0.1, -0.05) is 6.92 Å². The number of carbonyl (C=O) groups excluding carboxylic acids is 1. The lowest BCUT2D eigenvalue weighted by Gasteiger charge is -2.06. The molecule has 0 fully saturated rings. The van der Waals surface area contributed by atoms with Gasteiger partial charge in [-0.15, -0.1) is 0 Å². The van der Waals surface area contributed by atoms with Gasteiger partial charge in [-0.3, -0.25) is 13.4 Å². The number of rotatable bonds is 5. The van der Waals surface area contributed by atoms with Gasteiger partial charge < -0.3 is 4.74 Å². The van der Waals surface area contributed by atoms with Crippen LogP contribution in [0.25, 0.3) is 0 Å². The zero-order chi connectivity index (χ0) is 9.56. The number of carbonyl (C=O) groups is 1. The molecule has 0 spiro atoms. The van der Waals surface area contributed by atoms with Crippen molar-refractivity contribution in [2.75, 3.05) is 25.3 Å². The van der Waals surface area contributed by atoms with Crippen molar-refractivity contribution in [3.63, 3.8) is 0 Å². The second kappa shape index (κ2) is 6.11. The van der Waals surface area contributed by atoms with Gasteiger partial charge in [0, 0.05) is 16.6 Å². The minimum absolute atomic E-state index is 0.00132. The monoisotopic (exact) mass is 196 g/mol. The van der Waals surface area contributed by atoms with Gasteiger partial charge in [-0.2, -0.15) is 0 Å². The molecule has 2 atom stereocenters. The largest absolute Gasteiger partial charge is 0.469 e. The number of hydrogen-bond donors (Lipinski definition) is 0. The maximum Gasteiger partial charge on any atom is 0.309 e. The van der Waals surface area contributed by atoms with E-state index in [1.165, 1.54) is 7.11 Å². The smallest absolute Gasteiger partial charge is 0.309 e. The fourth-order valence-electron chi connectivity index (χ4n) is 0.717. The maximum atomic E-state index is 11.7. The lowest BCUT2D eigenvalue weighted by atomic mass is 10.2. The molecule has 0 aromatic carbocycles. The van der Waals surface area contributed by atoms with Gasteiger partial charge >= 0.3 is 5.97 Å². The number of hydrogen-bond acceptors (Lipinski definition) is 3. The molecule has 0 aliphatic heterocycles. The van der Waals surface area contributed by atoms with Gasteiger partial charge in [0.2, 0.25) is 0 Å². The molecule has 0 rings (SSSR count). The summed E-state index contributed by atoms with van der Waals surface area (Å²) in [5, 5.41) is 0. The Labute approximate surface area is 73.7 Å². The van der Waals surface area contributed by atoms with Gasteiger partial charge in [0.25, 0.3) is 0 Å². The SMILES string of the molecule is COC(=O)C(C)CS(=O)CCF. The molecule has 0 N–H and O–H groups in total. The maximum absolute atomic E-state index is 11.7. The van der Waals surface area contributed by atoms with Crippen LogP contribution in [0.15, 0.2) is 0 Å². The van der Waals surface area contributed by atoms with Crippen LogP contribution in [0.1, 0.15) is 6.92 Å². The van der Waals surface area contributed by atoms with Crippen molar-refractivity contribution in [2.24, 2.45) is 5.92 Å². The Hall–Kier alpha value is -0.450. The van der Waals surface area contributed by atoms with Crippen molar-refractivity contribution in [3.8, 4) is 0 Å². The second-order valence-electron chi connectivity index (χ2n) is 2.42. The summed E-state index contributed by atoms with van der Waals surface area (Å²) >= 11 is 0. The molecule has 0 saturated heterocycles. The third kappa shape index (κ3) is 4.43. The lowest BCUT2D eigenvalue weighted by Crippen LogP contribution is -2.20. The molecular formula is C7H13FO3S. The third-order valence-corrected chi connectivity index (χ3v) is 2.83. The topological polar surface area (TPSA) is 43.4 Å². The predicted molar refractivity (Wildman–Crippen MR) is 45.0 cm³/mol. The molecule has 12 heavy (non-hydrogen) atoms. The Morgan fingerprint density at radius 3 is 2.67 bits per heavy atom. The summed E-state index contributed by atoms with van der Waals surface area (Å²) in [4.78, 5) is 10.8. The normalized spacial score (nSPS) is 15.2. The van der Waals surface area contributed by atoms with Gasteiger partial charge in [0.1, 0.15) is 6.67 Å². The van der Waals surface area contributed by atoms with Crippen molar-refractivity contribution in [1.82, 2.24) is 0 Å². The van der Waals surface area contributed by atoms with Crippen LogP contribution in [-0.2, 0) is 20.3 Å². The van der Waals surface area contributed by atoms with Crippen LogP contribution in [-0.4, -0.2) is 35.5 Å². The van der Waals surface area contributed by atoms with Crippen molar-refractivity contribution < 1.29 is 18.1 Å². The standard InChI is InChI=1S/C7H13FO3S/c1-6(7(9)11-2)5-12(10)4-3-8/h6H,3-5H2,1-2H3. The third-order valence-electron chi connectivity index (χ3n) is 1.34. The zero-order valence-electron chi connectivity index (χ0n) is 7.21. The van der Waals surface area contributed by atoms with Crippen LogP contribution in [0, 0.1) is 5.92 Å². The molecule has 0 amide bonds. The van der Waals surface area contributed by atoms with E-state index >= 15 is 0 Å². The Kier molecular flexibility index (Phi) is 5.88. The number of methoxy groups -OCH3 is 1. The summed E-state index contributed by atoms with van der Waals surface area (Å²) < 4.78 is 27.0. The van der Waals surface area contributed by atoms with Crippen LogP contribution in [0.4, 0.5) is 4.39 Å². The zero-order valence-corrected chi connectivity index (χ0v) is 8.03. The minimum atomic E-state index is -1.25. The predicted octanol–water partition coefficient (Wildman–Crippen LogP) is 0.514. The summed E-state index contributed by atoms with van der Waals surface area (Å²) in [6.07, 6.45) is 0. The molecule has 0 aromatic rings. The Bertz CT molecular complexity index is 172. The van der Waals surface area contributed by atoms with E-state index in [4.69, 9.17) is 0 Å². The highest BCUT2D eigenvalue weighted by Crippen LogP contribution is 2.00. The summed E-state index contributed by atoms with van der Waals surface area (Å²) in [6, 6.07) is 0. The van der Waals surface area contributed by atoms with Gasteiger partial charge in [-0.05, 0) is 0 Å². The van der Waals surface area contributed by atoms with E-state index in [1.54, 1.807) is 6.92 Å². The van der Waals surface area contributed by atoms with Crippen molar-refractivity contribution in [2.45, 2.75) is 6.92 Å². The molecule has 3 nitrogen and oxygen atoms in total. The van der Waals surface area contributed by atoms with Crippen molar-refractivity contribution >= 4 is 16.8 Å². The van der Waals surface area contributed by atoms with E-state index in [0.717, 1.165) is 0 Å². The highest BCUT2D eigenvalue weighted by Gasteiger charge is 2.15. The van der Waals surface area contributed by atoms with Crippen LogP contribution < -0.4 is 0 Å². The summed E-state index contributed by atoms with van der Waals surface area (Å²) in [5.74, 6) is -0.637.